The quantitative estimate of drug-likeness (QED) is 0.442. The SMILES string of the molecule is CCNC(=S)N/N=C\c1ccccc1OCc1c(Cl)cccc1Cl. The molecule has 0 spiro atoms. The Morgan fingerprint density at radius 1 is 1.17 bits per heavy atom. The Morgan fingerprint density at radius 2 is 1.88 bits per heavy atom. The fourth-order valence-corrected chi connectivity index (χ4v) is 2.60. The number of hydrogen-bond donors (Lipinski definition) is 2. The molecule has 0 amide bonds. The average molecular weight is 382 g/mol. The van der Waals surface area contributed by atoms with E-state index in [0.717, 1.165) is 17.7 Å². The second-order valence-electron chi connectivity index (χ2n) is 4.76. The zero-order valence-corrected chi connectivity index (χ0v) is 15.4. The normalized spacial score (nSPS) is 10.6. The van der Waals surface area contributed by atoms with E-state index in [0.29, 0.717) is 20.9 Å². The number of para-hydroxylation sites is 1. The second kappa shape index (κ2) is 9.47. The number of nitrogens with one attached hydrogen (secondary N) is 2. The Bertz CT molecular complexity index is 717. The van der Waals surface area contributed by atoms with Crippen LogP contribution in [0.1, 0.15) is 18.1 Å². The van der Waals surface area contributed by atoms with Crippen LogP contribution in [0.15, 0.2) is 47.6 Å². The van der Waals surface area contributed by atoms with E-state index in [-0.39, 0.29) is 6.61 Å². The standard InChI is InChI=1S/C17H17Cl2N3OS/c1-2-20-17(24)22-21-10-12-6-3-4-9-16(12)23-11-13-14(18)7-5-8-15(13)19/h3-10H,2,11H2,1H3,(H2,20,22,24)/b21-10-. The van der Waals surface area contributed by atoms with Gasteiger partial charge in [-0.25, -0.2) is 0 Å². The third kappa shape index (κ3) is 5.37. The minimum atomic E-state index is 0.270. The molecule has 24 heavy (non-hydrogen) atoms. The third-order valence-corrected chi connectivity index (χ3v) is 4.00. The number of nitrogens with zero attached hydrogens (tertiary/aromatic N) is 1. The molecule has 0 aromatic heterocycles. The van der Waals surface area contributed by atoms with Crippen LogP contribution >= 0.6 is 35.4 Å². The first kappa shape index (κ1) is 18.5. The molecule has 2 aromatic rings. The molecule has 2 rings (SSSR count). The molecule has 0 saturated carbocycles. The topological polar surface area (TPSA) is 45.7 Å². The maximum Gasteiger partial charge on any atom is 0.186 e. The Labute approximate surface area is 156 Å². The molecule has 0 aliphatic heterocycles. The summed E-state index contributed by atoms with van der Waals surface area (Å²) in [5, 5.41) is 8.67. The summed E-state index contributed by atoms with van der Waals surface area (Å²) in [5.41, 5.74) is 4.30. The van der Waals surface area contributed by atoms with Crippen molar-refractivity contribution in [1.29, 1.82) is 0 Å². The van der Waals surface area contributed by atoms with Crippen molar-refractivity contribution in [2.75, 3.05) is 6.54 Å². The van der Waals surface area contributed by atoms with Gasteiger partial charge >= 0.3 is 0 Å². The molecule has 2 aromatic carbocycles. The predicted molar refractivity (Wildman–Crippen MR) is 104 cm³/mol. The molecule has 0 heterocycles. The monoisotopic (exact) mass is 381 g/mol. The van der Waals surface area contributed by atoms with Crippen LogP contribution < -0.4 is 15.5 Å². The first-order chi connectivity index (χ1) is 11.6. The van der Waals surface area contributed by atoms with Crippen molar-refractivity contribution in [3.05, 3.63) is 63.6 Å². The smallest absolute Gasteiger partial charge is 0.186 e. The number of thiocarbonyl (C=S) groups is 1. The van der Waals surface area contributed by atoms with Crippen LogP contribution in [-0.2, 0) is 6.61 Å². The van der Waals surface area contributed by atoms with Crippen molar-refractivity contribution in [2.45, 2.75) is 13.5 Å². The lowest BCUT2D eigenvalue weighted by molar-refractivity contribution is 0.306. The molecule has 2 N–H and O–H groups in total. The summed E-state index contributed by atoms with van der Waals surface area (Å²) < 4.78 is 5.85. The van der Waals surface area contributed by atoms with Crippen LogP contribution in [0, 0.1) is 0 Å². The Morgan fingerprint density at radius 3 is 2.58 bits per heavy atom. The summed E-state index contributed by atoms with van der Waals surface area (Å²) in [7, 11) is 0. The van der Waals surface area contributed by atoms with Crippen LogP contribution in [0.25, 0.3) is 0 Å². The summed E-state index contributed by atoms with van der Waals surface area (Å²) in [6, 6.07) is 12.9. The minimum absolute atomic E-state index is 0.270. The fourth-order valence-electron chi connectivity index (χ4n) is 1.90. The van der Waals surface area contributed by atoms with E-state index in [1.54, 1.807) is 24.4 Å². The Balaban J connectivity index is 2.06. The number of halogens is 2. The molecule has 0 bridgehead atoms. The maximum absolute atomic E-state index is 6.16. The summed E-state index contributed by atoms with van der Waals surface area (Å²) in [5.74, 6) is 0.674. The zero-order valence-electron chi connectivity index (χ0n) is 13.1. The molecule has 7 heteroatoms. The highest BCUT2D eigenvalue weighted by Gasteiger charge is 2.08. The third-order valence-electron chi connectivity index (χ3n) is 3.06. The number of hydrogen-bond acceptors (Lipinski definition) is 3. The van der Waals surface area contributed by atoms with Gasteiger partial charge in [0.2, 0.25) is 0 Å². The van der Waals surface area contributed by atoms with Crippen LogP contribution in [-0.4, -0.2) is 17.9 Å². The van der Waals surface area contributed by atoms with Gasteiger partial charge in [0.05, 0.1) is 6.21 Å². The molecule has 0 radical (unpaired) electrons. The van der Waals surface area contributed by atoms with Gasteiger partial charge in [-0.3, -0.25) is 5.43 Å². The van der Waals surface area contributed by atoms with E-state index < -0.39 is 0 Å². The number of rotatable bonds is 6. The zero-order chi connectivity index (χ0) is 17.4. The van der Waals surface area contributed by atoms with Crippen LogP contribution in [0.4, 0.5) is 0 Å². The van der Waals surface area contributed by atoms with E-state index in [4.69, 9.17) is 40.2 Å². The molecule has 0 fully saturated rings. The molecule has 0 saturated heterocycles. The van der Waals surface area contributed by atoms with E-state index in [1.807, 2.05) is 31.2 Å². The van der Waals surface area contributed by atoms with Crippen molar-refractivity contribution in [3.63, 3.8) is 0 Å². The Hall–Kier alpha value is -1.82. The van der Waals surface area contributed by atoms with Gasteiger partial charge in [0.25, 0.3) is 0 Å². The lowest BCUT2D eigenvalue weighted by Crippen LogP contribution is -2.31. The molecular formula is C17H17Cl2N3OS. The van der Waals surface area contributed by atoms with Crippen molar-refractivity contribution >= 4 is 46.7 Å². The Kier molecular flexibility index (Phi) is 7.31. The molecule has 4 nitrogen and oxygen atoms in total. The molecule has 126 valence electrons. The van der Waals surface area contributed by atoms with Crippen LogP contribution in [0.2, 0.25) is 10.0 Å². The molecule has 0 aliphatic carbocycles. The first-order valence-corrected chi connectivity index (χ1v) is 8.50. The summed E-state index contributed by atoms with van der Waals surface area (Å²) in [6.45, 7) is 2.97. The van der Waals surface area contributed by atoms with Crippen LogP contribution in [0.5, 0.6) is 5.75 Å². The molecular weight excluding hydrogens is 365 g/mol. The second-order valence-corrected chi connectivity index (χ2v) is 5.98. The van der Waals surface area contributed by atoms with E-state index in [1.165, 1.54) is 0 Å². The maximum atomic E-state index is 6.16. The van der Waals surface area contributed by atoms with Gasteiger partial charge in [-0.15, -0.1) is 0 Å². The summed E-state index contributed by atoms with van der Waals surface area (Å²) in [4.78, 5) is 0. The van der Waals surface area contributed by atoms with Gasteiger partial charge in [0.1, 0.15) is 12.4 Å². The van der Waals surface area contributed by atoms with Crippen LogP contribution in [0.3, 0.4) is 0 Å². The summed E-state index contributed by atoms with van der Waals surface area (Å²) >= 11 is 17.4. The lowest BCUT2D eigenvalue weighted by atomic mass is 10.2. The van der Waals surface area contributed by atoms with Crippen molar-refractivity contribution < 1.29 is 4.74 Å². The van der Waals surface area contributed by atoms with Gasteiger partial charge in [-0.1, -0.05) is 41.4 Å². The number of ether oxygens (including phenoxy) is 1. The number of hydrazone groups is 1. The highest BCUT2D eigenvalue weighted by molar-refractivity contribution is 7.80. The lowest BCUT2D eigenvalue weighted by Gasteiger charge is -2.11. The van der Waals surface area contributed by atoms with Crippen molar-refractivity contribution in [2.24, 2.45) is 5.10 Å². The fraction of sp³-hybridized carbons (Fsp3) is 0.176. The minimum Gasteiger partial charge on any atom is -0.488 e. The summed E-state index contributed by atoms with van der Waals surface area (Å²) in [6.07, 6.45) is 1.65. The van der Waals surface area contributed by atoms with E-state index >= 15 is 0 Å². The van der Waals surface area contributed by atoms with Crippen molar-refractivity contribution in [1.82, 2.24) is 10.7 Å². The first-order valence-electron chi connectivity index (χ1n) is 7.33. The van der Waals surface area contributed by atoms with E-state index in [2.05, 4.69) is 15.8 Å². The largest absolute Gasteiger partial charge is 0.488 e. The predicted octanol–water partition coefficient (Wildman–Crippen LogP) is 4.39. The van der Waals surface area contributed by atoms with Gasteiger partial charge in [0, 0.05) is 27.7 Å². The van der Waals surface area contributed by atoms with Crippen molar-refractivity contribution in [3.8, 4) is 5.75 Å². The highest BCUT2D eigenvalue weighted by atomic mass is 35.5. The van der Waals surface area contributed by atoms with Gasteiger partial charge in [0.15, 0.2) is 5.11 Å². The molecule has 0 atom stereocenters. The van der Waals surface area contributed by atoms with Gasteiger partial charge in [-0.2, -0.15) is 5.10 Å². The van der Waals surface area contributed by atoms with Gasteiger partial charge in [-0.05, 0) is 43.4 Å². The van der Waals surface area contributed by atoms with E-state index in [9.17, 15) is 0 Å². The average Bonchev–Trinajstić information content (AvgIpc) is 2.56. The molecule has 0 unspecified atom stereocenters. The highest BCUT2D eigenvalue weighted by Crippen LogP contribution is 2.26. The molecule has 0 aliphatic rings. The number of benzene rings is 2. The van der Waals surface area contributed by atoms with Gasteiger partial charge < -0.3 is 10.1 Å².